The van der Waals surface area contributed by atoms with Crippen LogP contribution in [0.5, 0.6) is 0 Å². The number of methoxy groups -OCH3 is 1. The molecule has 0 aromatic heterocycles. The summed E-state index contributed by atoms with van der Waals surface area (Å²) in [5, 5.41) is 3.91. The number of benzene rings is 1. The highest BCUT2D eigenvalue weighted by atomic mass is 35.5. The van der Waals surface area contributed by atoms with Crippen LogP contribution in [0.15, 0.2) is 18.2 Å². The highest BCUT2D eigenvalue weighted by molar-refractivity contribution is 7.80. The van der Waals surface area contributed by atoms with Gasteiger partial charge in [0.1, 0.15) is 6.61 Å². The molecule has 98 valence electrons. The highest BCUT2D eigenvalue weighted by Gasteiger charge is 2.03. The maximum atomic E-state index is 11.1. The van der Waals surface area contributed by atoms with Gasteiger partial charge in [-0.1, -0.05) is 23.2 Å². The molecule has 1 rings (SSSR count). The average molecular weight is 308 g/mol. The van der Waals surface area contributed by atoms with Crippen molar-refractivity contribution in [2.45, 2.75) is 0 Å². The quantitative estimate of drug-likeness (QED) is 0.588. The summed E-state index contributed by atoms with van der Waals surface area (Å²) in [4.78, 5) is 11.1. The number of carbonyl (C=O) groups is 1. The minimum Gasteiger partial charge on any atom is -0.375 e. The van der Waals surface area contributed by atoms with Gasteiger partial charge in [-0.15, -0.1) is 0 Å². The van der Waals surface area contributed by atoms with Crippen LogP contribution in [0.4, 0.5) is 5.69 Å². The predicted octanol–water partition coefficient (Wildman–Crippen LogP) is 1.96. The number of halogens is 2. The first-order chi connectivity index (χ1) is 8.52. The second-order valence-electron chi connectivity index (χ2n) is 3.19. The summed E-state index contributed by atoms with van der Waals surface area (Å²) in [5.74, 6) is -0.337. The molecule has 8 heteroatoms. The lowest BCUT2D eigenvalue weighted by atomic mass is 10.3. The molecule has 5 nitrogen and oxygen atoms in total. The Kier molecular flexibility index (Phi) is 6.14. The SMILES string of the molecule is COCC(=O)NNC(=S)Nc1ccc(Cl)c(Cl)c1. The molecule has 0 atom stereocenters. The van der Waals surface area contributed by atoms with Gasteiger partial charge in [-0.05, 0) is 30.4 Å². The minimum atomic E-state index is -0.337. The van der Waals surface area contributed by atoms with Crippen LogP contribution in [0.1, 0.15) is 0 Å². The fraction of sp³-hybridized carbons (Fsp3) is 0.200. The zero-order valence-corrected chi connectivity index (χ0v) is 11.7. The Hall–Kier alpha value is -1.08. The molecule has 0 fully saturated rings. The number of hydrogen-bond donors (Lipinski definition) is 3. The van der Waals surface area contributed by atoms with E-state index in [1.165, 1.54) is 7.11 Å². The number of anilines is 1. The molecule has 0 aliphatic rings. The molecule has 0 spiro atoms. The van der Waals surface area contributed by atoms with Crippen molar-refractivity contribution in [3.63, 3.8) is 0 Å². The van der Waals surface area contributed by atoms with Crippen LogP contribution in [0.2, 0.25) is 10.0 Å². The molecule has 0 heterocycles. The summed E-state index contributed by atoms with van der Waals surface area (Å²) in [7, 11) is 1.42. The number of amides is 1. The van der Waals surface area contributed by atoms with Gasteiger partial charge in [0.05, 0.1) is 10.0 Å². The smallest absolute Gasteiger partial charge is 0.264 e. The van der Waals surface area contributed by atoms with Crippen molar-refractivity contribution in [3.8, 4) is 0 Å². The molecule has 0 bridgehead atoms. The van der Waals surface area contributed by atoms with Gasteiger partial charge in [-0.2, -0.15) is 0 Å². The van der Waals surface area contributed by atoms with E-state index < -0.39 is 0 Å². The van der Waals surface area contributed by atoms with E-state index in [0.29, 0.717) is 15.7 Å². The molecule has 0 radical (unpaired) electrons. The van der Waals surface area contributed by atoms with Crippen LogP contribution in [-0.2, 0) is 9.53 Å². The Morgan fingerprint density at radius 1 is 1.33 bits per heavy atom. The van der Waals surface area contributed by atoms with Gasteiger partial charge in [0.25, 0.3) is 5.91 Å². The number of hydrogen-bond acceptors (Lipinski definition) is 3. The van der Waals surface area contributed by atoms with Gasteiger partial charge in [0.15, 0.2) is 5.11 Å². The molecule has 0 unspecified atom stereocenters. The molecule has 3 N–H and O–H groups in total. The minimum absolute atomic E-state index is 0.0532. The lowest BCUT2D eigenvalue weighted by Gasteiger charge is -2.11. The summed E-state index contributed by atoms with van der Waals surface area (Å²) >= 11 is 16.6. The third kappa shape index (κ3) is 5.05. The largest absolute Gasteiger partial charge is 0.375 e. The summed E-state index contributed by atoms with van der Waals surface area (Å²) < 4.78 is 4.64. The Balaban J connectivity index is 2.44. The van der Waals surface area contributed by atoms with Crippen molar-refractivity contribution in [3.05, 3.63) is 28.2 Å². The summed E-state index contributed by atoms with van der Waals surface area (Å²) in [6.07, 6.45) is 0. The van der Waals surface area contributed by atoms with Crippen molar-refractivity contribution in [2.75, 3.05) is 19.0 Å². The van der Waals surface area contributed by atoms with E-state index in [9.17, 15) is 4.79 Å². The van der Waals surface area contributed by atoms with Gasteiger partial charge in [-0.25, -0.2) is 0 Å². The lowest BCUT2D eigenvalue weighted by Crippen LogP contribution is -2.45. The van der Waals surface area contributed by atoms with E-state index in [0.717, 1.165) is 0 Å². The summed E-state index contributed by atoms with van der Waals surface area (Å²) in [6.45, 7) is -0.0532. The fourth-order valence-electron chi connectivity index (χ4n) is 1.03. The fourth-order valence-corrected chi connectivity index (χ4v) is 1.50. The van der Waals surface area contributed by atoms with Gasteiger partial charge < -0.3 is 10.1 Å². The van der Waals surface area contributed by atoms with Crippen molar-refractivity contribution in [2.24, 2.45) is 0 Å². The van der Waals surface area contributed by atoms with E-state index in [1.54, 1.807) is 18.2 Å². The first-order valence-electron chi connectivity index (χ1n) is 4.82. The molecular weight excluding hydrogens is 297 g/mol. The second-order valence-corrected chi connectivity index (χ2v) is 4.41. The Bertz CT molecular complexity index is 457. The van der Waals surface area contributed by atoms with E-state index in [-0.39, 0.29) is 17.6 Å². The van der Waals surface area contributed by atoms with Gasteiger partial charge >= 0.3 is 0 Å². The summed E-state index contributed by atoms with van der Waals surface area (Å²) in [6, 6.07) is 4.96. The standard InChI is InChI=1S/C10H11Cl2N3O2S/c1-17-5-9(16)14-15-10(18)13-6-2-3-7(11)8(12)4-6/h2-4H,5H2,1H3,(H,14,16)(H2,13,15,18). The number of carbonyl (C=O) groups excluding carboxylic acids is 1. The molecule has 0 saturated carbocycles. The Morgan fingerprint density at radius 2 is 2.06 bits per heavy atom. The number of rotatable bonds is 3. The molecule has 0 aliphatic heterocycles. The molecule has 0 aliphatic carbocycles. The van der Waals surface area contributed by atoms with Crippen LogP contribution in [0, 0.1) is 0 Å². The van der Waals surface area contributed by atoms with Crippen LogP contribution >= 0.6 is 35.4 Å². The zero-order valence-electron chi connectivity index (χ0n) is 9.42. The van der Waals surface area contributed by atoms with Crippen LogP contribution in [0.25, 0.3) is 0 Å². The van der Waals surface area contributed by atoms with Crippen molar-refractivity contribution < 1.29 is 9.53 Å². The first kappa shape index (κ1) is 15.0. The molecule has 1 aromatic carbocycles. The third-order valence-corrected chi connectivity index (χ3v) is 2.71. The van der Waals surface area contributed by atoms with Crippen LogP contribution in [0.3, 0.4) is 0 Å². The van der Waals surface area contributed by atoms with Crippen molar-refractivity contribution >= 4 is 52.1 Å². The maximum absolute atomic E-state index is 11.1. The van der Waals surface area contributed by atoms with E-state index in [1.807, 2.05) is 0 Å². The van der Waals surface area contributed by atoms with Gasteiger partial charge in [0, 0.05) is 12.8 Å². The number of thiocarbonyl (C=S) groups is 1. The van der Waals surface area contributed by atoms with E-state index in [4.69, 9.17) is 35.4 Å². The number of hydrazine groups is 1. The van der Waals surface area contributed by atoms with Gasteiger partial charge in [-0.3, -0.25) is 15.6 Å². The maximum Gasteiger partial charge on any atom is 0.264 e. The van der Waals surface area contributed by atoms with Gasteiger partial charge in [0.2, 0.25) is 0 Å². The Labute approximate surface area is 120 Å². The number of ether oxygens (including phenoxy) is 1. The second kappa shape index (κ2) is 7.38. The molecular formula is C10H11Cl2N3O2S. The van der Waals surface area contributed by atoms with E-state index >= 15 is 0 Å². The van der Waals surface area contributed by atoms with E-state index in [2.05, 4.69) is 20.9 Å². The Morgan fingerprint density at radius 3 is 2.67 bits per heavy atom. The third-order valence-electron chi connectivity index (χ3n) is 1.77. The normalized spacial score (nSPS) is 9.72. The summed E-state index contributed by atoms with van der Waals surface area (Å²) in [5.41, 5.74) is 5.52. The van der Waals surface area contributed by atoms with Crippen molar-refractivity contribution in [1.29, 1.82) is 0 Å². The monoisotopic (exact) mass is 307 g/mol. The molecule has 18 heavy (non-hydrogen) atoms. The first-order valence-corrected chi connectivity index (χ1v) is 5.99. The predicted molar refractivity (Wildman–Crippen MR) is 75.8 cm³/mol. The van der Waals surface area contributed by atoms with Crippen LogP contribution in [-0.4, -0.2) is 24.7 Å². The van der Waals surface area contributed by atoms with Crippen LogP contribution < -0.4 is 16.2 Å². The highest BCUT2D eigenvalue weighted by Crippen LogP contribution is 2.24. The average Bonchev–Trinajstić information content (AvgIpc) is 2.32. The zero-order chi connectivity index (χ0) is 13.5. The van der Waals surface area contributed by atoms with Crippen molar-refractivity contribution in [1.82, 2.24) is 10.9 Å². The molecule has 1 aromatic rings. The topological polar surface area (TPSA) is 62.4 Å². The lowest BCUT2D eigenvalue weighted by molar-refractivity contribution is -0.125. The number of nitrogens with one attached hydrogen (secondary N) is 3. The molecule has 1 amide bonds. The molecule has 0 saturated heterocycles.